The van der Waals surface area contributed by atoms with Crippen LogP contribution in [-0.4, -0.2) is 13.2 Å². The van der Waals surface area contributed by atoms with Gasteiger partial charge in [0.25, 0.3) is 0 Å². The summed E-state index contributed by atoms with van der Waals surface area (Å²) < 4.78 is 5.52. The highest BCUT2D eigenvalue weighted by atomic mass is 16.5. The lowest BCUT2D eigenvalue weighted by Crippen LogP contribution is -2.08. The van der Waals surface area contributed by atoms with E-state index in [1.165, 1.54) is 11.1 Å². The van der Waals surface area contributed by atoms with Crippen LogP contribution in [0.15, 0.2) is 18.2 Å². The molecule has 0 fully saturated rings. The Morgan fingerprint density at radius 2 is 2.12 bits per heavy atom. The minimum absolute atomic E-state index is 0.655. The van der Waals surface area contributed by atoms with Crippen molar-refractivity contribution in [2.75, 3.05) is 13.2 Å². The van der Waals surface area contributed by atoms with Gasteiger partial charge in [-0.25, -0.2) is 0 Å². The fraction of sp³-hybridized carbons (Fsp3) is 0.571. The molecule has 2 N–H and O–H groups in total. The molecule has 0 bridgehead atoms. The van der Waals surface area contributed by atoms with Crippen molar-refractivity contribution in [3.8, 4) is 5.75 Å². The van der Waals surface area contributed by atoms with E-state index in [0.29, 0.717) is 5.92 Å². The molecule has 1 atom stereocenters. The molecule has 0 aromatic heterocycles. The van der Waals surface area contributed by atoms with Crippen LogP contribution in [0.2, 0.25) is 0 Å². The molecular weight excluding hydrogens is 198 g/mol. The molecule has 2 heteroatoms. The molecule has 90 valence electrons. The fourth-order valence-electron chi connectivity index (χ4n) is 1.94. The van der Waals surface area contributed by atoms with E-state index in [9.17, 15) is 0 Å². The van der Waals surface area contributed by atoms with Crippen LogP contribution in [0.3, 0.4) is 0 Å². The quantitative estimate of drug-likeness (QED) is 0.801. The lowest BCUT2D eigenvalue weighted by molar-refractivity contribution is 0.337. The third-order valence-corrected chi connectivity index (χ3v) is 2.78. The zero-order valence-corrected chi connectivity index (χ0v) is 10.6. The Morgan fingerprint density at radius 1 is 1.38 bits per heavy atom. The van der Waals surface area contributed by atoms with Crippen LogP contribution in [0, 0.1) is 12.8 Å². The molecule has 1 unspecified atom stereocenters. The van der Waals surface area contributed by atoms with Gasteiger partial charge in [0.2, 0.25) is 0 Å². The first kappa shape index (κ1) is 13.0. The monoisotopic (exact) mass is 221 g/mol. The zero-order valence-electron chi connectivity index (χ0n) is 10.6. The first-order valence-electron chi connectivity index (χ1n) is 6.09. The molecule has 0 amide bonds. The Bertz CT molecular complexity index is 323. The van der Waals surface area contributed by atoms with Gasteiger partial charge in [-0.2, -0.15) is 0 Å². The average molecular weight is 221 g/mol. The van der Waals surface area contributed by atoms with Gasteiger partial charge in [0.15, 0.2) is 0 Å². The van der Waals surface area contributed by atoms with Crippen molar-refractivity contribution in [1.29, 1.82) is 0 Å². The molecule has 0 aliphatic rings. The summed E-state index contributed by atoms with van der Waals surface area (Å²) in [6.07, 6.45) is 2.19. The lowest BCUT2D eigenvalue weighted by Gasteiger charge is -2.12. The third-order valence-electron chi connectivity index (χ3n) is 2.78. The van der Waals surface area contributed by atoms with Crippen molar-refractivity contribution in [3.63, 3.8) is 0 Å². The Morgan fingerprint density at radius 3 is 2.69 bits per heavy atom. The molecule has 0 radical (unpaired) electrons. The molecule has 1 aromatic carbocycles. The normalized spacial score (nSPS) is 12.5. The van der Waals surface area contributed by atoms with Crippen molar-refractivity contribution in [2.24, 2.45) is 11.7 Å². The molecule has 0 spiro atoms. The smallest absolute Gasteiger partial charge is 0.122 e. The van der Waals surface area contributed by atoms with E-state index in [1.54, 1.807) is 0 Å². The predicted molar refractivity (Wildman–Crippen MR) is 68.9 cm³/mol. The van der Waals surface area contributed by atoms with Crippen molar-refractivity contribution in [1.82, 2.24) is 0 Å². The van der Waals surface area contributed by atoms with E-state index < -0.39 is 0 Å². The summed E-state index contributed by atoms with van der Waals surface area (Å²) in [7, 11) is 0. The second kappa shape index (κ2) is 6.54. The van der Waals surface area contributed by atoms with E-state index in [4.69, 9.17) is 10.5 Å². The first-order chi connectivity index (χ1) is 7.67. The molecule has 16 heavy (non-hydrogen) atoms. The molecule has 0 saturated carbocycles. The molecule has 0 aliphatic carbocycles. The van der Waals surface area contributed by atoms with Crippen LogP contribution in [-0.2, 0) is 6.42 Å². The number of ether oxygens (including phenoxy) is 1. The minimum Gasteiger partial charge on any atom is -0.494 e. The molecule has 0 aliphatic heterocycles. The largest absolute Gasteiger partial charge is 0.494 e. The van der Waals surface area contributed by atoms with Crippen LogP contribution in [0.4, 0.5) is 0 Å². The van der Waals surface area contributed by atoms with Gasteiger partial charge < -0.3 is 10.5 Å². The summed E-state index contributed by atoms with van der Waals surface area (Å²) >= 11 is 0. The minimum atomic E-state index is 0.655. The van der Waals surface area contributed by atoms with E-state index in [-0.39, 0.29) is 0 Å². The van der Waals surface area contributed by atoms with Crippen LogP contribution < -0.4 is 10.5 Å². The number of benzene rings is 1. The number of hydrogen-bond donors (Lipinski definition) is 1. The fourth-order valence-corrected chi connectivity index (χ4v) is 1.94. The Balaban J connectivity index is 2.65. The summed E-state index contributed by atoms with van der Waals surface area (Å²) in [5.41, 5.74) is 8.15. The molecule has 0 heterocycles. The van der Waals surface area contributed by atoms with Gasteiger partial charge in [0.05, 0.1) is 6.61 Å². The van der Waals surface area contributed by atoms with Crippen molar-refractivity contribution < 1.29 is 4.74 Å². The Labute approximate surface area is 98.8 Å². The summed E-state index contributed by atoms with van der Waals surface area (Å²) in [6, 6.07) is 6.45. The van der Waals surface area contributed by atoms with Crippen LogP contribution in [0.25, 0.3) is 0 Å². The molecular formula is C14H23NO. The van der Waals surface area contributed by atoms with Gasteiger partial charge in [-0.05, 0) is 56.3 Å². The second-order valence-corrected chi connectivity index (χ2v) is 4.42. The second-order valence-electron chi connectivity index (χ2n) is 4.42. The highest BCUT2D eigenvalue weighted by Crippen LogP contribution is 2.21. The summed E-state index contributed by atoms with van der Waals surface area (Å²) in [5.74, 6) is 1.65. The van der Waals surface area contributed by atoms with Gasteiger partial charge in [-0.1, -0.05) is 19.1 Å². The molecule has 0 saturated heterocycles. The van der Waals surface area contributed by atoms with Crippen molar-refractivity contribution >= 4 is 0 Å². The topological polar surface area (TPSA) is 35.2 Å². The number of nitrogens with two attached hydrogens (primary N) is 1. The standard InChI is InChI=1S/C14H23NO/c1-4-16-14-6-5-13(10-12(14)3)9-11(2)7-8-15/h5-6,10-11H,4,7-9,15H2,1-3H3. The van der Waals surface area contributed by atoms with Gasteiger partial charge in [-0.15, -0.1) is 0 Å². The SMILES string of the molecule is CCOc1ccc(CC(C)CCN)cc1C. The number of aryl methyl sites for hydroxylation is 1. The summed E-state index contributed by atoms with van der Waals surface area (Å²) in [5, 5.41) is 0. The maximum absolute atomic E-state index is 5.56. The lowest BCUT2D eigenvalue weighted by atomic mass is 9.97. The number of rotatable bonds is 6. The Hall–Kier alpha value is -1.02. The van der Waals surface area contributed by atoms with Crippen molar-refractivity contribution in [2.45, 2.75) is 33.6 Å². The summed E-state index contributed by atoms with van der Waals surface area (Å²) in [6.45, 7) is 7.86. The van der Waals surface area contributed by atoms with Crippen LogP contribution in [0.1, 0.15) is 31.4 Å². The van der Waals surface area contributed by atoms with E-state index in [0.717, 1.165) is 31.7 Å². The number of hydrogen-bond acceptors (Lipinski definition) is 2. The summed E-state index contributed by atoms with van der Waals surface area (Å²) in [4.78, 5) is 0. The van der Waals surface area contributed by atoms with E-state index in [1.807, 2.05) is 6.92 Å². The average Bonchev–Trinajstić information content (AvgIpc) is 2.22. The molecule has 2 nitrogen and oxygen atoms in total. The van der Waals surface area contributed by atoms with Gasteiger partial charge in [0, 0.05) is 0 Å². The molecule has 1 aromatic rings. The third kappa shape index (κ3) is 3.86. The van der Waals surface area contributed by atoms with Crippen LogP contribution >= 0.6 is 0 Å². The van der Waals surface area contributed by atoms with Gasteiger partial charge in [-0.3, -0.25) is 0 Å². The predicted octanol–water partition coefficient (Wildman–Crippen LogP) is 2.92. The highest BCUT2D eigenvalue weighted by Gasteiger charge is 2.05. The van der Waals surface area contributed by atoms with E-state index >= 15 is 0 Å². The van der Waals surface area contributed by atoms with E-state index in [2.05, 4.69) is 32.0 Å². The zero-order chi connectivity index (χ0) is 12.0. The van der Waals surface area contributed by atoms with Gasteiger partial charge >= 0.3 is 0 Å². The maximum Gasteiger partial charge on any atom is 0.122 e. The maximum atomic E-state index is 5.56. The Kier molecular flexibility index (Phi) is 5.33. The molecule has 1 rings (SSSR count). The van der Waals surface area contributed by atoms with Crippen molar-refractivity contribution in [3.05, 3.63) is 29.3 Å². The first-order valence-corrected chi connectivity index (χ1v) is 6.09. The highest BCUT2D eigenvalue weighted by molar-refractivity contribution is 5.36. The van der Waals surface area contributed by atoms with Gasteiger partial charge in [0.1, 0.15) is 5.75 Å². The van der Waals surface area contributed by atoms with Crippen LogP contribution in [0.5, 0.6) is 5.75 Å².